The summed E-state index contributed by atoms with van der Waals surface area (Å²) >= 11 is 0. The molecule has 33 heavy (non-hydrogen) atoms. The molecule has 0 aliphatic carbocycles. The Kier molecular flexibility index (Phi) is 6.51. The maximum atomic E-state index is 12.9. The molecule has 0 radical (unpaired) electrons. The van der Waals surface area contributed by atoms with E-state index in [9.17, 15) is 4.79 Å². The molecule has 1 aromatic heterocycles. The van der Waals surface area contributed by atoms with Crippen molar-refractivity contribution in [2.24, 2.45) is 11.8 Å². The second-order valence-corrected chi connectivity index (χ2v) is 9.48. The number of carbonyl (C=O) groups excluding carboxylic acids is 1. The van der Waals surface area contributed by atoms with Gasteiger partial charge in [0.25, 0.3) is 0 Å². The van der Waals surface area contributed by atoms with Crippen molar-refractivity contribution >= 4 is 11.6 Å². The van der Waals surface area contributed by atoms with E-state index in [1.165, 1.54) is 5.56 Å². The van der Waals surface area contributed by atoms with Crippen LogP contribution >= 0.6 is 0 Å². The van der Waals surface area contributed by atoms with Crippen LogP contribution < -0.4 is 5.32 Å². The normalized spacial score (nSPS) is 24.2. The minimum atomic E-state index is 0.0631. The van der Waals surface area contributed by atoms with Gasteiger partial charge in [-0.25, -0.2) is 0 Å². The fourth-order valence-corrected chi connectivity index (χ4v) is 5.33. The van der Waals surface area contributed by atoms with Crippen LogP contribution in [0.15, 0.2) is 66.9 Å². The molecule has 3 aromatic rings. The molecule has 3 aliphatic rings. The van der Waals surface area contributed by atoms with Crippen LogP contribution in [0.2, 0.25) is 0 Å². The Labute approximate surface area is 195 Å². The molecule has 3 saturated heterocycles. The van der Waals surface area contributed by atoms with Gasteiger partial charge in [-0.2, -0.15) is 0 Å². The molecule has 172 valence electrons. The minimum Gasteiger partial charge on any atom is -0.326 e. The molecule has 1 amide bonds. The third-order valence-corrected chi connectivity index (χ3v) is 6.97. The molecule has 6 rings (SSSR count). The molecule has 3 aliphatic heterocycles. The lowest BCUT2D eigenvalue weighted by atomic mass is 9.75. The summed E-state index contributed by atoms with van der Waals surface area (Å²) in [6.45, 7) is 4.38. The van der Waals surface area contributed by atoms with E-state index in [1.54, 1.807) is 0 Å². The maximum Gasteiger partial charge on any atom is 0.229 e. The van der Waals surface area contributed by atoms with E-state index in [0.717, 1.165) is 56.9 Å². The largest absolute Gasteiger partial charge is 0.326 e. The van der Waals surface area contributed by atoms with Crippen LogP contribution in [0, 0.1) is 11.8 Å². The molecule has 1 unspecified atom stereocenters. The van der Waals surface area contributed by atoms with Crippen molar-refractivity contribution in [2.75, 3.05) is 25.5 Å². The number of piperidine rings is 3. The quantitative estimate of drug-likeness (QED) is 0.578. The Morgan fingerprint density at radius 2 is 1.85 bits per heavy atom. The van der Waals surface area contributed by atoms with Crippen molar-refractivity contribution in [3.05, 3.63) is 78.1 Å². The molecule has 3 fully saturated rings. The summed E-state index contributed by atoms with van der Waals surface area (Å²) in [6, 6.07) is 20.7. The minimum absolute atomic E-state index is 0.0631. The van der Waals surface area contributed by atoms with Crippen LogP contribution in [0.5, 0.6) is 0 Å². The van der Waals surface area contributed by atoms with E-state index in [4.69, 9.17) is 0 Å². The number of fused-ring (bicyclic) bond motifs is 3. The number of nitrogens with zero attached hydrogens (tertiary/aromatic N) is 5. The number of amides is 1. The molecule has 2 aromatic carbocycles. The zero-order chi connectivity index (χ0) is 22.6. The van der Waals surface area contributed by atoms with E-state index in [2.05, 4.69) is 62.9 Å². The predicted octanol–water partition coefficient (Wildman–Crippen LogP) is 3.26. The van der Waals surface area contributed by atoms with Gasteiger partial charge in [-0.1, -0.05) is 53.7 Å². The van der Waals surface area contributed by atoms with Crippen molar-refractivity contribution in [1.29, 1.82) is 0 Å². The maximum absolute atomic E-state index is 12.9. The van der Waals surface area contributed by atoms with E-state index in [1.807, 2.05) is 41.1 Å². The molecular weight excluding hydrogens is 412 g/mol. The van der Waals surface area contributed by atoms with Crippen molar-refractivity contribution in [1.82, 2.24) is 24.8 Å². The van der Waals surface area contributed by atoms with Gasteiger partial charge in [0, 0.05) is 37.6 Å². The third-order valence-electron chi connectivity index (χ3n) is 6.97. The van der Waals surface area contributed by atoms with Gasteiger partial charge in [0.2, 0.25) is 5.91 Å². The Morgan fingerprint density at radius 3 is 2.58 bits per heavy atom. The first-order chi connectivity index (χ1) is 16.1. The molecule has 7 heteroatoms. The van der Waals surface area contributed by atoms with Gasteiger partial charge < -0.3 is 5.32 Å². The van der Waals surface area contributed by atoms with E-state index < -0.39 is 0 Å². The standard InChI is InChI=1S/C26H32N6O/c1-30(15-20-8-4-2-5-9-20)16-23-17-32(29-28-23)18-24-14-21-12-13-31(24)19-25(21)26(33)27-22-10-6-3-7-11-22/h2-11,17,21,24-25H,12-16,18-19H2,1H3,(H,27,33)/t21-,24-,25+/m1/s1. The molecule has 2 bridgehead atoms. The van der Waals surface area contributed by atoms with Gasteiger partial charge in [0.05, 0.1) is 18.2 Å². The first-order valence-corrected chi connectivity index (χ1v) is 11.9. The highest BCUT2D eigenvalue weighted by atomic mass is 16.2. The zero-order valence-corrected chi connectivity index (χ0v) is 19.2. The van der Waals surface area contributed by atoms with Gasteiger partial charge in [0.15, 0.2) is 0 Å². The molecule has 4 heterocycles. The highest BCUT2D eigenvalue weighted by Crippen LogP contribution is 2.37. The number of hydrogen-bond donors (Lipinski definition) is 1. The van der Waals surface area contributed by atoms with Crippen molar-refractivity contribution in [3.63, 3.8) is 0 Å². The number of nitrogens with one attached hydrogen (secondary N) is 1. The van der Waals surface area contributed by atoms with Crippen LogP contribution in [0.1, 0.15) is 24.1 Å². The van der Waals surface area contributed by atoms with Gasteiger partial charge in [-0.3, -0.25) is 19.3 Å². The summed E-state index contributed by atoms with van der Waals surface area (Å²) in [6.07, 6.45) is 4.21. The van der Waals surface area contributed by atoms with Crippen LogP contribution in [0.25, 0.3) is 0 Å². The summed E-state index contributed by atoms with van der Waals surface area (Å²) in [5.41, 5.74) is 3.16. The molecular formula is C26H32N6O. The monoisotopic (exact) mass is 444 g/mol. The number of carbonyl (C=O) groups is 1. The smallest absolute Gasteiger partial charge is 0.229 e. The van der Waals surface area contributed by atoms with Gasteiger partial charge in [-0.05, 0) is 50.0 Å². The molecule has 1 N–H and O–H groups in total. The zero-order valence-electron chi connectivity index (χ0n) is 19.2. The number of hydrogen-bond acceptors (Lipinski definition) is 5. The number of aromatic nitrogens is 3. The first kappa shape index (κ1) is 21.8. The van der Waals surface area contributed by atoms with E-state index in [0.29, 0.717) is 12.0 Å². The van der Waals surface area contributed by atoms with E-state index >= 15 is 0 Å². The van der Waals surface area contributed by atoms with Gasteiger partial charge in [0.1, 0.15) is 0 Å². The number of rotatable bonds is 8. The molecule has 0 spiro atoms. The lowest BCUT2D eigenvalue weighted by molar-refractivity contribution is -0.127. The number of benzene rings is 2. The molecule has 7 nitrogen and oxygen atoms in total. The second kappa shape index (κ2) is 9.85. The van der Waals surface area contributed by atoms with Crippen molar-refractivity contribution < 1.29 is 4.79 Å². The summed E-state index contributed by atoms with van der Waals surface area (Å²) in [5.74, 6) is 0.649. The lowest BCUT2D eigenvalue weighted by Crippen LogP contribution is -2.57. The van der Waals surface area contributed by atoms with Gasteiger partial charge >= 0.3 is 0 Å². The Bertz CT molecular complexity index is 1050. The Hall–Kier alpha value is -3.03. The van der Waals surface area contributed by atoms with Crippen LogP contribution in [0.4, 0.5) is 5.69 Å². The summed E-state index contributed by atoms with van der Waals surface area (Å²) < 4.78 is 1.98. The third kappa shape index (κ3) is 5.31. The van der Waals surface area contributed by atoms with Crippen LogP contribution in [-0.2, 0) is 24.4 Å². The first-order valence-electron chi connectivity index (χ1n) is 11.9. The second-order valence-electron chi connectivity index (χ2n) is 9.48. The predicted molar refractivity (Wildman–Crippen MR) is 128 cm³/mol. The Balaban J connectivity index is 1.14. The number of anilines is 1. The Morgan fingerprint density at radius 1 is 1.09 bits per heavy atom. The average Bonchev–Trinajstić information content (AvgIpc) is 3.27. The summed E-state index contributed by atoms with van der Waals surface area (Å²) in [5, 5.41) is 11.9. The number of para-hydroxylation sites is 1. The highest BCUT2D eigenvalue weighted by molar-refractivity contribution is 5.93. The van der Waals surface area contributed by atoms with Crippen LogP contribution in [0.3, 0.4) is 0 Å². The average molecular weight is 445 g/mol. The van der Waals surface area contributed by atoms with Crippen LogP contribution in [-0.4, -0.2) is 56.9 Å². The highest BCUT2D eigenvalue weighted by Gasteiger charge is 2.43. The summed E-state index contributed by atoms with van der Waals surface area (Å²) in [4.78, 5) is 17.6. The topological polar surface area (TPSA) is 66.3 Å². The van der Waals surface area contributed by atoms with Gasteiger partial charge in [-0.15, -0.1) is 5.10 Å². The fourth-order valence-electron chi connectivity index (χ4n) is 5.33. The SMILES string of the molecule is CN(Cc1ccccc1)Cc1cn(C[C@H]2C[C@H]3CCN2C[C@@H]3C(=O)Nc2ccccc2)nn1. The molecule has 0 saturated carbocycles. The fraction of sp³-hybridized carbons (Fsp3) is 0.423. The summed E-state index contributed by atoms with van der Waals surface area (Å²) in [7, 11) is 2.11. The molecule has 4 atom stereocenters. The lowest BCUT2D eigenvalue weighted by Gasteiger charge is -2.49. The van der Waals surface area contributed by atoms with Crippen molar-refractivity contribution in [3.8, 4) is 0 Å². The van der Waals surface area contributed by atoms with E-state index in [-0.39, 0.29) is 11.8 Å². The van der Waals surface area contributed by atoms with Crippen molar-refractivity contribution in [2.45, 2.75) is 38.5 Å².